The lowest BCUT2D eigenvalue weighted by Gasteiger charge is -2.37. The molecule has 0 saturated carbocycles. The van der Waals surface area contributed by atoms with Crippen LogP contribution in [0.15, 0.2) is 0 Å². The smallest absolute Gasteiger partial charge is 0.326 e. The van der Waals surface area contributed by atoms with Gasteiger partial charge in [0.1, 0.15) is 12.6 Å². The summed E-state index contributed by atoms with van der Waals surface area (Å²) < 4.78 is 0. The highest BCUT2D eigenvalue weighted by Crippen LogP contribution is 2.14. The fourth-order valence-electron chi connectivity index (χ4n) is 2.60. The molecule has 0 bridgehead atoms. The highest BCUT2D eigenvalue weighted by Gasteiger charge is 2.36. The number of piperazine rings is 1. The standard InChI is InChI=1S/C14H24N4O5/c1-9(2)12(13(21)22)16(3)14(23)17-6-7-18(11(20)8-17)10(19)4-5-15/h9,12H,4-8,15H2,1-3H3,(H,21,22)/t12-/m0/s1. The minimum absolute atomic E-state index is 0.0774. The molecule has 3 N–H and O–H groups in total. The first-order valence-electron chi connectivity index (χ1n) is 7.48. The molecule has 0 unspecified atom stereocenters. The number of hydrogen-bond acceptors (Lipinski definition) is 5. The number of rotatable bonds is 5. The van der Waals surface area contributed by atoms with Crippen molar-refractivity contribution < 1.29 is 24.3 Å². The normalized spacial score (nSPS) is 16.5. The number of likely N-dealkylation sites (N-methyl/N-ethyl adjacent to an activating group) is 1. The first-order chi connectivity index (χ1) is 10.7. The number of nitrogens with zero attached hydrogens (tertiary/aromatic N) is 3. The highest BCUT2D eigenvalue weighted by molar-refractivity contribution is 5.98. The average Bonchev–Trinajstić information content (AvgIpc) is 2.45. The number of aliphatic carboxylic acids is 1. The van der Waals surface area contributed by atoms with Gasteiger partial charge in [0.15, 0.2) is 0 Å². The Morgan fingerprint density at radius 1 is 1.30 bits per heavy atom. The van der Waals surface area contributed by atoms with Gasteiger partial charge in [-0.05, 0) is 5.92 Å². The van der Waals surface area contributed by atoms with E-state index < -0.39 is 23.9 Å². The summed E-state index contributed by atoms with van der Waals surface area (Å²) >= 11 is 0. The lowest BCUT2D eigenvalue weighted by atomic mass is 10.0. The summed E-state index contributed by atoms with van der Waals surface area (Å²) in [6, 6.07) is -1.51. The van der Waals surface area contributed by atoms with Crippen LogP contribution in [0.5, 0.6) is 0 Å². The molecule has 130 valence electrons. The number of carboxylic acid groups (broad SMARTS) is 1. The van der Waals surface area contributed by atoms with Crippen LogP contribution in [0.25, 0.3) is 0 Å². The quantitative estimate of drug-likeness (QED) is 0.678. The molecular weight excluding hydrogens is 304 g/mol. The van der Waals surface area contributed by atoms with E-state index in [-0.39, 0.29) is 44.4 Å². The Morgan fingerprint density at radius 3 is 2.35 bits per heavy atom. The van der Waals surface area contributed by atoms with Crippen LogP contribution in [0, 0.1) is 5.92 Å². The summed E-state index contributed by atoms with van der Waals surface area (Å²) in [5.41, 5.74) is 5.30. The Kier molecular flexibility index (Phi) is 6.49. The molecule has 1 heterocycles. The number of carbonyl (C=O) groups excluding carboxylic acids is 3. The second-order valence-corrected chi connectivity index (χ2v) is 5.82. The van der Waals surface area contributed by atoms with Crippen molar-refractivity contribution in [1.29, 1.82) is 0 Å². The van der Waals surface area contributed by atoms with E-state index in [2.05, 4.69) is 0 Å². The maximum atomic E-state index is 12.4. The average molecular weight is 328 g/mol. The maximum Gasteiger partial charge on any atom is 0.326 e. The summed E-state index contributed by atoms with van der Waals surface area (Å²) in [7, 11) is 1.40. The summed E-state index contributed by atoms with van der Waals surface area (Å²) in [5.74, 6) is -2.21. The van der Waals surface area contributed by atoms with Crippen molar-refractivity contribution in [3.05, 3.63) is 0 Å². The Hall–Kier alpha value is -2.16. The highest BCUT2D eigenvalue weighted by atomic mass is 16.4. The SMILES string of the molecule is CC(C)[C@@H](C(=O)O)N(C)C(=O)N1CCN(C(=O)CCN)C(=O)C1. The molecule has 1 rings (SSSR count). The van der Waals surface area contributed by atoms with E-state index >= 15 is 0 Å². The fourth-order valence-corrected chi connectivity index (χ4v) is 2.60. The Morgan fingerprint density at radius 2 is 1.91 bits per heavy atom. The van der Waals surface area contributed by atoms with Crippen molar-refractivity contribution in [3.8, 4) is 0 Å². The third-order valence-electron chi connectivity index (χ3n) is 3.75. The zero-order chi connectivity index (χ0) is 17.7. The van der Waals surface area contributed by atoms with Crippen LogP contribution in [-0.2, 0) is 14.4 Å². The number of carbonyl (C=O) groups is 4. The Balaban J connectivity index is 2.75. The number of urea groups is 1. The molecule has 1 saturated heterocycles. The van der Waals surface area contributed by atoms with Crippen LogP contribution >= 0.6 is 0 Å². The molecule has 9 nitrogen and oxygen atoms in total. The predicted octanol–water partition coefficient (Wildman–Crippen LogP) is -0.833. The van der Waals surface area contributed by atoms with Crippen LogP contribution in [-0.4, -0.2) is 82.9 Å². The lowest BCUT2D eigenvalue weighted by molar-refractivity contribution is -0.147. The van der Waals surface area contributed by atoms with Gasteiger partial charge in [0.05, 0.1) is 0 Å². The number of nitrogens with two attached hydrogens (primary N) is 1. The Labute approximate surface area is 135 Å². The van der Waals surface area contributed by atoms with Crippen LogP contribution in [0.2, 0.25) is 0 Å². The van der Waals surface area contributed by atoms with Crippen molar-refractivity contribution in [3.63, 3.8) is 0 Å². The minimum atomic E-state index is -1.10. The van der Waals surface area contributed by atoms with E-state index in [0.717, 1.165) is 9.80 Å². The Bertz CT molecular complexity index is 494. The third kappa shape index (κ3) is 4.41. The van der Waals surface area contributed by atoms with Gasteiger partial charge in [0, 0.05) is 33.1 Å². The van der Waals surface area contributed by atoms with E-state index in [1.165, 1.54) is 11.9 Å². The summed E-state index contributed by atoms with van der Waals surface area (Å²) in [6.45, 7) is 3.59. The minimum Gasteiger partial charge on any atom is -0.480 e. The molecule has 9 heteroatoms. The molecule has 4 amide bonds. The first kappa shape index (κ1) is 18.9. The molecule has 1 aliphatic rings. The van der Waals surface area contributed by atoms with Gasteiger partial charge in [-0.25, -0.2) is 9.59 Å². The predicted molar refractivity (Wildman–Crippen MR) is 81.4 cm³/mol. The lowest BCUT2D eigenvalue weighted by Crippen LogP contribution is -2.58. The molecule has 0 aromatic heterocycles. The fraction of sp³-hybridized carbons (Fsp3) is 0.714. The molecule has 23 heavy (non-hydrogen) atoms. The number of hydrogen-bond donors (Lipinski definition) is 2. The molecule has 0 aromatic carbocycles. The van der Waals surface area contributed by atoms with Gasteiger partial charge in [-0.1, -0.05) is 13.8 Å². The van der Waals surface area contributed by atoms with Crippen LogP contribution in [0.3, 0.4) is 0 Å². The molecule has 0 aliphatic carbocycles. The van der Waals surface area contributed by atoms with E-state index in [4.69, 9.17) is 5.73 Å². The zero-order valence-corrected chi connectivity index (χ0v) is 13.7. The van der Waals surface area contributed by atoms with E-state index in [0.29, 0.717) is 0 Å². The maximum absolute atomic E-state index is 12.4. The van der Waals surface area contributed by atoms with Crippen molar-refractivity contribution in [2.75, 3.05) is 33.2 Å². The van der Waals surface area contributed by atoms with Crippen LogP contribution < -0.4 is 5.73 Å². The monoisotopic (exact) mass is 328 g/mol. The summed E-state index contributed by atoms with van der Waals surface area (Å²) in [5, 5.41) is 9.24. The van der Waals surface area contributed by atoms with Crippen LogP contribution in [0.4, 0.5) is 4.79 Å². The molecule has 0 aromatic rings. The van der Waals surface area contributed by atoms with Gasteiger partial charge < -0.3 is 20.6 Å². The summed E-state index contributed by atoms with van der Waals surface area (Å²) in [4.78, 5) is 50.9. The topological polar surface area (TPSA) is 124 Å². The van der Waals surface area contributed by atoms with Gasteiger partial charge in [0.25, 0.3) is 0 Å². The molecule has 1 atom stereocenters. The van der Waals surface area contributed by atoms with Crippen molar-refractivity contribution in [1.82, 2.24) is 14.7 Å². The van der Waals surface area contributed by atoms with E-state index in [1.54, 1.807) is 13.8 Å². The van der Waals surface area contributed by atoms with Gasteiger partial charge in [0.2, 0.25) is 11.8 Å². The summed E-state index contributed by atoms with van der Waals surface area (Å²) in [6.07, 6.45) is 0.0774. The number of imide groups is 1. The van der Waals surface area contributed by atoms with Gasteiger partial charge >= 0.3 is 12.0 Å². The molecule has 0 spiro atoms. The number of amides is 4. The third-order valence-corrected chi connectivity index (χ3v) is 3.75. The second-order valence-electron chi connectivity index (χ2n) is 5.82. The zero-order valence-electron chi connectivity index (χ0n) is 13.7. The van der Waals surface area contributed by atoms with Crippen molar-refractivity contribution >= 4 is 23.8 Å². The van der Waals surface area contributed by atoms with E-state index in [1.807, 2.05) is 0 Å². The van der Waals surface area contributed by atoms with Crippen LogP contribution in [0.1, 0.15) is 20.3 Å². The van der Waals surface area contributed by atoms with Crippen molar-refractivity contribution in [2.45, 2.75) is 26.3 Å². The van der Waals surface area contributed by atoms with Crippen molar-refractivity contribution in [2.24, 2.45) is 11.7 Å². The largest absolute Gasteiger partial charge is 0.480 e. The second kappa shape index (κ2) is 7.91. The number of carboxylic acids is 1. The van der Waals surface area contributed by atoms with E-state index in [9.17, 15) is 24.3 Å². The van der Waals surface area contributed by atoms with Gasteiger partial charge in [-0.15, -0.1) is 0 Å². The van der Waals surface area contributed by atoms with Gasteiger partial charge in [-0.2, -0.15) is 0 Å². The molecule has 0 radical (unpaired) electrons. The molecular formula is C14H24N4O5. The molecule has 1 aliphatic heterocycles. The van der Waals surface area contributed by atoms with Gasteiger partial charge in [-0.3, -0.25) is 14.5 Å². The molecule has 1 fully saturated rings. The first-order valence-corrected chi connectivity index (χ1v) is 7.48.